The van der Waals surface area contributed by atoms with Gasteiger partial charge in [0.2, 0.25) is 11.8 Å². The molecule has 3 aromatic carbocycles. The summed E-state index contributed by atoms with van der Waals surface area (Å²) in [5, 5.41) is 2.90. The van der Waals surface area contributed by atoms with E-state index in [0.29, 0.717) is 12.3 Å². The number of hydrogen-bond acceptors (Lipinski definition) is 4. The van der Waals surface area contributed by atoms with Crippen molar-refractivity contribution in [2.45, 2.75) is 17.7 Å². The van der Waals surface area contributed by atoms with Gasteiger partial charge in [0, 0.05) is 22.6 Å². The van der Waals surface area contributed by atoms with Crippen LogP contribution in [0.4, 0.5) is 10.1 Å². The maximum atomic E-state index is 12.9. The van der Waals surface area contributed by atoms with E-state index < -0.39 is 0 Å². The number of thioether (sulfide) groups is 1. The smallest absolute Gasteiger partial charge is 0.227 e. The van der Waals surface area contributed by atoms with Crippen LogP contribution >= 0.6 is 11.8 Å². The van der Waals surface area contributed by atoms with Gasteiger partial charge in [-0.1, -0.05) is 12.1 Å². The van der Waals surface area contributed by atoms with E-state index in [1.165, 1.54) is 12.1 Å². The number of oxazole rings is 1. The lowest BCUT2D eigenvalue weighted by Crippen LogP contribution is -2.11. The molecule has 0 saturated heterocycles. The van der Waals surface area contributed by atoms with Crippen LogP contribution in [-0.2, 0) is 4.79 Å². The van der Waals surface area contributed by atoms with Gasteiger partial charge in [-0.3, -0.25) is 4.79 Å². The molecule has 1 aromatic heterocycles. The summed E-state index contributed by atoms with van der Waals surface area (Å²) < 4.78 is 18.6. The molecule has 146 valence electrons. The number of hydrogen-bond donors (Lipinski definition) is 1. The highest BCUT2D eigenvalue weighted by atomic mass is 32.2. The Labute approximate surface area is 172 Å². The zero-order valence-corrected chi connectivity index (χ0v) is 16.4. The minimum absolute atomic E-state index is 0.0284. The predicted octanol–water partition coefficient (Wildman–Crippen LogP) is 6.14. The Kier molecular flexibility index (Phi) is 5.91. The average molecular weight is 406 g/mol. The third kappa shape index (κ3) is 5.03. The van der Waals surface area contributed by atoms with Crippen molar-refractivity contribution in [2.24, 2.45) is 0 Å². The van der Waals surface area contributed by atoms with Gasteiger partial charge in [-0.05, 0) is 72.8 Å². The summed E-state index contributed by atoms with van der Waals surface area (Å²) in [6.45, 7) is 0. The number of nitrogens with one attached hydrogen (secondary N) is 1. The number of fused-ring (bicyclic) bond motifs is 1. The number of halogens is 1. The van der Waals surface area contributed by atoms with Crippen LogP contribution in [0.2, 0.25) is 0 Å². The highest BCUT2D eigenvalue weighted by Crippen LogP contribution is 2.25. The Morgan fingerprint density at radius 3 is 2.52 bits per heavy atom. The SMILES string of the molecule is O=C(CCCSc1ccc(F)cc1)Nc1ccc(-c2nc3ccccc3o2)cc1. The summed E-state index contributed by atoms with van der Waals surface area (Å²) >= 11 is 1.61. The summed E-state index contributed by atoms with van der Waals surface area (Å²) in [7, 11) is 0. The first-order valence-corrected chi connectivity index (χ1v) is 10.3. The third-order valence-corrected chi connectivity index (χ3v) is 5.44. The van der Waals surface area contributed by atoms with Crippen molar-refractivity contribution < 1.29 is 13.6 Å². The number of carbonyl (C=O) groups is 1. The van der Waals surface area contributed by atoms with Crippen LogP contribution in [0.5, 0.6) is 0 Å². The van der Waals surface area contributed by atoms with E-state index >= 15 is 0 Å². The molecule has 0 spiro atoms. The summed E-state index contributed by atoms with van der Waals surface area (Å²) in [6, 6.07) is 21.5. The van der Waals surface area contributed by atoms with E-state index in [1.807, 2.05) is 48.5 Å². The molecule has 0 aliphatic heterocycles. The van der Waals surface area contributed by atoms with Gasteiger partial charge in [0.05, 0.1) is 0 Å². The van der Waals surface area contributed by atoms with E-state index in [9.17, 15) is 9.18 Å². The minimum atomic E-state index is -0.240. The van der Waals surface area contributed by atoms with Gasteiger partial charge < -0.3 is 9.73 Å². The monoisotopic (exact) mass is 406 g/mol. The van der Waals surface area contributed by atoms with E-state index in [-0.39, 0.29) is 11.7 Å². The van der Waals surface area contributed by atoms with E-state index in [4.69, 9.17) is 4.42 Å². The molecule has 0 aliphatic rings. The quantitative estimate of drug-likeness (QED) is 0.296. The molecule has 0 saturated carbocycles. The van der Waals surface area contributed by atoms with Crippen molar-refractivity contribution in [2.75, 3.05) is 11.1 Å². The van der Waals surface area contributed by atoms with Gasteiger partial charge in [-0.2, -0.15) is 0 Å². The molecule has 0 fully saturated rings. The topological polar surface area (TPSA) is 55.1 Å². The van der Waals surface area contributed by atoms with Crippen molar-refractivity contribution in [3.8, 4) is 11.5 Å². The Hall–Kier alpha value is -3.12. The molecule has 0 radical (unpaired) electrons. The maximum Gasteiger partial charge on any atom is 0.227 e. The zero-order chi connectivity index (χ0) is 20.1. The first kappa shape index (κ1) is 19.2. The highest BCUT2D eigenvalue weighted by Gasteiger charge is 2.08. The van der Waals surface area contributed by atoms with Crippen LogP contribution in [0.1, 0.15) is 12.8 Å². The fourth-order valence-corrected chi connectivity index (χ4v) is 3.72. The second-order valence-electron chi connectivity index (χ2n) is 6.52. The molecular formula is C23H19FN2O2S. The normalized spacial score (nSPS) is 10.9. The molecule has 0 unspecified atom stereocenters. The van der Waals surface area contributed by atoms with Crippen LogP contribution in [0, 0.1) is 5.82 Å². The Morgan fingerprint density at radius 2 is 1.76 bits per heavy atom. The Bertz CT molecular complexity index is 1070. The summed E-state index contributed by atoms with van der Waals surface area (Å²) in [5.41, 5.74) is 3.16. The van der Waals surface area contributed by atoms with Gasteiger partial charge in [-0.25, -0.2) is 9.37 Å². The number of nitrogens with zero attached hydrogens (tertiary/aromatic N) is 1. The van der Waals surface area contributed by atoms with E-state index in [2.05, 4.69) is 10.3 Å². The summed E-state index contributed by atoms with van der Waals surface area (Å²) in [6.07, 6.45) is 1.18. The van der Waals surface area contributed by atoms with Gasteiger partial charge in [0.1, 0.15) is 11.3 Å². The van der Waals surface area contributed by atoms with Crippen LogP contribution < -0.4 is 5.32 Å². The standard InChI is InChI=1S/C23H19FN2O2S/c24-17-9-13-19(14-10-17)29-15-3-6-22(27)25-18-11-7-16(8-12-18)23-26-20-4-1-2-5-21(20)28-23/h1-2,4-5,7-14H,3,6,15H2,(H,25,27). The highest BCUT2D eigenvalue weighted by molar-refractivity contribution is 7.99. The van der Waals surface area contributed by atoms with Crippen LogP contribution in [-0.4, -0.2) is 16.6 Å². The molecule has 4 rings (SSSR count). The lowest BCUT2D eigenvalue weighted by molar-refractivity contribution is -0.116. The molecular weight excluding hydrogens is 387 g/mol. The lowest BCUT2D eigenvalue weighted by Gasteiger charge is -2.06. The van der Waals surface area contributed by atoms with Crippen molar-refractivity contribution in [1.29, 1.82) is 0 Å². The Balaban J connectivity index is 1.27. The number of rotatable bonds is 7. The molecule has 1 amide bonds. The number of benzene rings is 3. The fourth-order valence-electron chi connectivity index (χ4n) is 2.87. The number of amides is 1. The molecule has 4 nitrogen and oxygen atoms in total. The average Bonchev–Trinajstić information content (AvgIpc) is 3.17. The second-order valence-corrected chi connectivity index (χ2v) is 7.69. The molecule has 1 N–H and O–H groups in total. The van der Waals surface area contributed by atoms with Gasteiger partial charge in [0.15, 0.2) is 5.58 Å². The largest absolute Gasteiger partial charge is 0.436 e. The third-order valence-electron chi connectivity index (χ3n) is 4.34. The molecule has 0 atom stereocenters. The second kappa shape index (κ2) is 8.92. The van der Waals surface area contributed by atoms with E-state index in [0.717, 1.165) is 39.4 Å². The predicted molar refractivity (Wildman–Crippen MR) is 114 cm³/mol. The zero-order valence-electron chi connectivity index (χ0n) is 15.6. The van der Waals surface area contributed by atoms with Crippen LogP contribution in [0.25, 0.3) is 22.6 Å². The molecule has 4 aromatic rings. The Morgan fingerprint density at radius 1 is 1.00 bits per heavy atom. The van der Waals surface area contributed by atoms with Crippen LogP contribution in [0.3, 0.4) is 0 Å². The van der Waals surface area contributed by atoms with E-state index in [1.54, 1.807) is 23.9 Å². The fraction of sp³-hybridized carbons (Fsp3) is 0.130. The molecule has 0 bridgehead atoms. The first-order chi connectivity index (χ1) is 14.2. The van der Waals surface area contributed by atoms with Crippen molar-refractivity contribution in [3.05, 3.63) is 78.6 Å². The van der Waals surface area contributed by atoms with Crippen molar-refractivity contribution in [1.82, 2.24) is 4.98 Å². The summed E-state index contributed by atoms with van der Waals surface area (Å²) in [5.74, 6) is 1.09. The maximum absolute atomic E-state index is 12.9. The van der Waals surface area contributed by atoms with Gasteiger partial charge in [0.25, 0.3) is 0 Å². The van der Waals surface area contributed by atoms with Gasteiger partial charge >= 0.3 is 0 Å². The molecule has 29 heavy (non-hydrogen) atoms. The number of anilines is 1. The molecule has 6 heteroatoms. The number of carbonyl (C=O) groups excluding carboxylic acids is 1. The minimum Gasteiger partial charge on any atom is -0.436 e. The number of para-hydroxylation sites is 2. The molecule has 1 heterocycles. The van der Waals surface area contributed by atoms with Gasteiger partial charge in [-0.15, -0.1) is 11.8 Å². The summed E-state index contributed by atoms with van der Waals surface area (Å²) in [4.78, 5) is 17.6. The van der Waals surface area contributed by atoms with Crippen LogP contribution in [0.15, 0.2) is 82.1 Å². The molecule has 0 aliphatic carbocycles. The van der Waals surface area contributed by atoms with Crippen molar-refractivity contribution >= 4 is 34.5 Å². The number of aromatic nitrogens is 1. The van der Waals surface area contributed by atoms with Crippen molar-refractivity contribution in [3.63, 3.8) is 0 Å². The first-order valence-electron chi connectivity index (χ1n) is 9.32. The lowest BCUT2D eigenvalue weighted by atomic mass is 10.2.